The number of nitrogens with zero attached hydrogens (tertiary/aromatic N) is 5. The first-order valence-corrected chi connectivity index (χ1v) is 22.1. The van der Waals surface area contributed by atoms with E-state index in [1.807, 2.05) is 56.3 Å². The lowest BCUT2D eigenvalue weighted by Gasteiger charge is -2.36. The van der Waals surface area contributed by atoms with Gasteiger partial charge in [0, 0.05) is 58.4 Å². The van der Waals surface area contributed by atoms with E-state index < -0.39 is 48.2 Å². The van der Waals surface area contributed by atoms with E-state index in [9.17, 15) is 24.6 Å². The minimum absolute atomic E-state index is 0.104. The Labute approximate surface area is 405 Å². The van der Waals surface area contributed by atoms with Crippen LogP contribution in [0, 0.1) is 6.92 Å². The zero-order valence-corrected chi connectivity index (χ0v) is 39.8. The fraction of sp³-hybridized carbons (Fsp3) is 0.375. The Kier molecular flexibility index (Phi) is 14.9. The number of aromatic nitrogens is 4. The van der Waals surface area contributed by atoms with Crippen molar-refractivity contribution in [3.05, 3.63) is 92.3 Å². The zero-order valence-electron chi connectivity index (χ0n) is 39.8. The summed E-state index contributed by atoms with van der Waals surface area (Å²) in [5.41, 5.74) is 17.4. The summed E-state index contributed by atoms with van der Waals surface area (Å²) in [6.45, 7) is 4.97. The van der Waals surface area contributed by atoms with Crippen molar-refractivity contribution in [1.82, 2.24) is 24.4 Å². The minimum atomic E-state index is -1.84. The second-order valence-corrected chi connectivity index (χ2v) is 17.2. The number of carboxylic acid groups (broad SMARTS) is 1. The minimum Gasteiger partial charge on any atom is -0.508 e. The van der Waals surface area contributed by atoms with Gasteiger partial charge in [-0.25, -0.2) is 19.6 Å². The molecule has 1 saturated heterocycles. The predicted octanol–water partition coefficient (Wildman–Crippen LogP) is 1.46. The molecule has 23 nitrogen and oxygen atoms in total. The monoisotopic (exact) mass is 984 g/mol. The van der Waals surface area contributed by atoms with E-state index in [0.717, 1.165) is 44.2 Å². The Morgan fingerprint density at radius 2 is 1.61 bits per heavy atom. The number of ether oxygens (including phenoxy) is 5. The SMILES string of the molecule is CC[C@@]1(O)C(=O)OCc2c1cc1n(c2=O)Cc2cc3c(CN(C)C)c(O)ccc3nc2-1.COc1cc(NCc2ccc3nc(N)nc(N)c3c2C)cc(OC)c1OC.O=C(O)[C@H]1O[C@@H](O)[C@H](O)[C@@H](O)[C@@H]1O. The maximum atomic E-state index is 13.2. The number of anilines is 3. The lowest BCUT2D eigenvalue weighted by atomic mass is 9.86. The largest absolute Gasteiger partial charge is 0.508 e. The van der Waals surface area contributed by atoms with Crippen LogP contribution in [0.4, 0.5) is 17.5 Å². The third-order valence-corrected chi connectivity index (χ3v) is 12.5. The topological polar surface area (TPSA) is 350 Å². The van der Waals surface area contributed by atoms with Crippen LogP contribution in [0.25, 0.3) is 33.2 Å². The summed E-state index contributed by atoms with van der Waals surface area (Å²) in [6, 6.07) is 14.6. The van der Waals surface area contributed by atoms with Crippen LogP contribution in [0.5, 0.6) is 23.0 Å². The number of fused-ring (bicyclic) bond motifs is 6. The van der Waals surface area contributed by atoms with Gasteiger partial charge in [0.15, 0.2) is 29.5 Å². The Morgan fingerprint density at radius 1 is 0.930 bits per heavy atom. The fourth-order valence-corrected chi connectivity index (χ4v) is 8.70. The van der Waals surface area contributed by atoms with Crippen molar-refractivity contribution in [2.45, 2.75) is 82.8 Å². The van der Waals surface area contributed by atoms with Crippen LogP contribution in [0.1, 0.15) is 46.7 Å². The van der Waals surface area contributed by atoms with E-state index in [-0.39, 0.29) is 30.3 Å². The molecule has 71 heavy (non-hydrogen) atoms. The number of methoxy groups -OCH3 is 3. The molecule has 0 bridgehead atoms. The highest BCUT2D eigenvalue weighted by atomic mass is 16.6. The van der Waals surface area contributed by atoms with E-state index in [0.29, 0.717) is 70.7 Å². The number of carboxylic acids is 1. The number of rotatable bonds is 10. The maximum absolute atomic E-state index is 13.2. The summed E-state index contributed by atoms with van der Waals surface area (Å²) in [4.78, 5) is 51.0. The van der Waals surface area contributed by atoms with E-state index in [1.54, 1.807) is 51.0 Å². The molecule has 6 atom stereocenters. The van der Waals surface area contributed by atoms with Gasteiger partial charge in [0.2, 0.25) is 11.7 Å². The molecule has 0 amide bonds. The van der Waals surface area contributed by atoms with E-state index in [4.69, 9.17) is 60.9 Å². The number of aliphatic hydroxyl groups is 5. The first-order chi connectivity index (χ1) is 33.7. The predicted molar refractivity (Wildman–Crippen MR) is 257 cm³/mol. The van der Waals surface area contributed by atoms with Crippen LogP contribution in [0.3, 0.4) is 0 Å². The van der Waals surface area contributed by atoms with Crippen molar-refractivity contribution >= 4 is 51.2 Å². The summed E-state index contributed by atoms with van der Waals surface area (Å²) in [5, 5.41) is 70.7. The lowest BCUT2D eigenvalue weighted by molar-refractivity contribution is -0.279. The van der Waals surface area contributed by atoms with E-state index in [2.05, 4.69) is 20.0 Å². The highest BCUT2D eigenvalue weighted by Crippen LogP contribution is 2.42. The molecule has 3 aliphatic heterocycles. The van der Waals surface area contributed by atoms with Crippen LogP contribution >= 0.6 is 0 Å². The molecule has 3 aromatic carbocycles. The van der Waals surface area contributed by atoms with Gasteiger partial charge >= 0.3 is 11.9 Å². The van der Waals surface area contributed by atoms with Gasteiger partial charge in [0.25, 0.3) is 5.56 Å². The maximum Gasteiger partial charge on any atom is 0.343 e. The number of cyclic esters (lactones) is 1. The second-order valence-electron chi connectivity index (χ2n) is 17.2. The number of aliphatic hydroxyl groups excluding tert-OH is 4. The van der Waals surface area contributed by atoms with Crippen molar-refractivity contribution < 1.29 is 69.0 Å². The molecular formula is C48H56N8O15. The first kappa shape index (κ1) is 51.5. The zero-order chi connectivity index (χ0) is 51.8. The van der Waals surface area contributed by atoms with E-state index >= 15 is 0 Å². The number of hydrogen-bond donors (Lipinski definition) is 10. The number of carbonyl (C=O) groups excluding carboxylic acids is 1. The van der Waals surface area contributed by atoms with Crippen molar-refractivity contribution in [3.8, 4) is 34.4 Å². The Morgan fingerprint density at radius 3 is 2.23 bits per heavy atom. The first-order valence-electron chi connectivity index (χ1n) is 22.1. The molecule has 9 rings (SSSR count). The lowest BCUT2D eigenvalue weighted by Crippen LogP contribution is -2.59. The third kappa shape index (κ3) is 9.75. The van der Waals surface area contributed by atoms with Gasteiger partial charge in [-0.1, -0.05) is 13.0 Å². The van der Waals surface area contributed by atoms with Crippen LogP contribution in [0.15, 0.2) is 53.3 Å². The second kappa shape index (κ2) is 20.5. The number of benzene rings is 3. The van der Waals surface area contributed by atoms with Crippen molar-refractivity contribution in [3.63, 3.8) is 0 Å². The average molecular weight is 985 g/mol. The summed E-state index contributed by atoms with van der Waals surface area (Å²) in [6.07, 6.45) is -8.62. The van der Waals surface area contributed by atoms with Crippen molar-refractivity contribution in [1.29, 1.82) is 0 Å². The summed E-state index contributed by atoms with van der Waals surface area (Å²) >= 11 is 0. The van der Waals surface area contributed by atoms with Gasteiger partial charge in [-0.05, 0) is 68.9 Å². The number of nitrogens with one attached hydrogen (secondary N) is 1. The molecule has 0 spiro atoms. The number of aliphatic carboxylic acids is 1. The standard InChI is InChI=1S/C23H23N3O5.C19H23N5O3.C6H10O7/c1-4-23(30)16-8-18-20-12(9-26(18)21(28)15(16)11-31-22(23)29)7-13-14(10-25(2)3)19(27)6-5-17(13)24-20;1-10-11(5-6-13-16(10)18(20)24-19(21)23-13)9-22-12-7-14(25-2)17(27-4)15(8-12)26-3;7-1-2(8)4(5(10)11)13-6(12)3(1)9/h5-8,27,30H,4,9-11H2,1-3H3;5-8,22H,9H2,1-4H3,(H4,20,21,23,24);1-4,6-9,12H,(H,10,11)/t23-;;1-,2-,3+,4-,6+/m0.0/s1. The van der Waals surface area contributed by atoms with E-state index in [1.165, 1.54) is 0 Å². The molecular weight excluding hydrogens is 929 g/mol. The summed E-state index contributed by atoms with van der Waals surface area (Å²) in [5.74, 6) is 0.222. The highest BCUT2D eigenvalue weighted by Gasteiger charge is 2.47. The Bertz CT molecular complexity index is 3070. The molecule has 378 valence electrons. The summed E-state index contributed by atoms with van der Waals surface area (Å²) < 4.78 is 27.2. The molecule has 3 aliphatic rings. The molecule has 6 heterocycles. The number of phenolic OH excluding ortho intramolecular Hbond substituents is 1. The van der Waals surface area contributed by atoms with Crippen LogP contribution < -0.4 is 36.6 Å². The highest BCUT2D eigenvalue weighted by molar-refractivity contribution is 5.93. The number of hydrogen-bond acceptors (Lipinski definition) is 21. The molecule has 0 radical (unpaired) electrons. The number of aryl methyl sites for hydroxylation is 1. The van der Waals surface area contributed by atoms with Crippen LogP contribution in [-0.4, -0.2) is 138 Å². The van der Waals surface area contributed by atoms with Crippen molar-refractivity contribution in [2.75, 3.05) is 52.2 Å². The van der Waals surface area contributed by atoms with Crippen molar-refractivity contribution in [2.24, 2.45) is 0 Å². The van der Waals surface area contributed by atoms with Gasteiger partial charge in [-0.3, -0.25) is 4.79 Å². The number of nitrogens with two attached hydrogens (primary N) is 2. The third-order valence-electron chi connectivity index (χ3n) is 12.5. The molecule has 1 fully saturated rings. The Hall–Kier alpha value is -7.38. The van der Waals surface area contributed by atoms with Crippen LogP contribution in [-0.2, 0) is 50.9 Å². The van der Waals surface area contributed by atoms with Gasteiger partial charge in [-0.2, -0.15) is 4.98 Å². The normalized spacial score (nSPS) is 20.9. The molecule has 0 aliphatic carbocycles. The molecule has 23 heteroatoms. The molecule has 0 unspecified atom stereocenters. The molecule has 3 aromatic heterocycles. The quantitative estimate of drug-likeness (QED) is 0.0867. The number of esters is 1. The number of phenols is 1. The average Bonchev–Trinajstić information content (AvgIpc) is 3.70. The molecule has 12 N–H and O–H groups in total. The molecule has 0 saturated carbocycles. The number of carbonyl (C=O) groups is 2. The van der Waals surface area contributed by atoms with Crippen LogP contribution in [0.2, 0.25) is 0 Å². The number of nitrogen functional groups attached to an aromatic ring is 2. The molecule has 6 aromatic rings. The van der Waals surface area contributed by atoms with Gasteiger partial charge in [0.1, 0.15) is 36.5 Å². The fourth-order valence-electron chi connectivity index (χ4n) is 8.70. The number of aromatic hydroxyl groups is 1. The van der Waals surface area contributed by atoms with Gasteiger partial charge in [-0.15, -0.1) is 0 Å². The smallest absolute Gasteiger partial charge is 0.343 e. The van der Waals surface area contributed by atoms with Gasteiger partial charge in [0.05, 0.1) is 55.9 Å². The summed E-state index contributed by atoms with van der Waals surface area (Å²) in [7, 11) is 8.60. The van der Waals surface area contributed by atoms with Gasteiger partial charge < -0.3 is 85.7 Å². The Balaban J connectivity index is 0.000000169. The number of pyridine rings is 2.